The Hall–Kier alpha value is -0.0800. The zero-order chi connectivity index (χ0) is 7.84. The van der Waals surface area contributed by atoms with Crippen LogP contribution < -0.4 is 5.73 Å². The Morgan fingerprint density at radius 1 is 1.27 bits per heavy atom. The number of piperidine rings is 1. The van der Waals surface area contributed by atoms with Gasteiger partial charge in [0, 0.05) is 12.6 Å². The van der Waals surface area contributed by atoms with E-state index in [1.165, 1.54) is 32.4 Å². The van der Waals surface area contributed by atoms with Crippen LogP contribution in [0.15, 0.2) is 0 Å². The van der Waals surface area contributed by atoms with E-state index in [1.807, 2.05) is 0 Å². The minimum Gasteiger partial charge on any atom is -0.327 e. The highest BCUT2D eigenvalue weighted by Gasteiger charge is 2.36. The van der Waals surface area contributed by atoms with Crippen LogP contribution in [0.25, 0.3) is 0 Å². The van der Waals surface area contributed by atoms with Gasteiger partial charge in [0.2, 0.25) is 0 Å². The van der Waals surface area contributed by atoms with Crippen molar-refractivity contribution >= 4 is 0 Å². The topological polar surface area (TPSA) is 29.3 Å². The minimum absolute atomic E-state index is 0.503. The van der Waals surface area contributed by atoms with Crippen molar-refractivity contribution in [3.05, 3.63) is 0 Å². The zero-order valence-corrected chi connectivity index (χ0v) is 7.29. The van der Waals surface area contributed by atoms with Gasteiger partial charge in [-0.1, -0.05) is 0 Å². The lowest BCUT2D eigenvalue weighted by Crippen LogP contribution is -2.42. The van der Waals surface area contributed by atoms with Crippen molar-refractivity contribution in [1.82, 2.24) is 4.90 Å². The molecule has 1 saturated heterocycles. The summed E-state index contributed by atoms with van der Waals surface area (Å²) in [4.78, 5) is 2.42. The Labute approximate surface area is 68.7 Å². The van der Waals surface area contributed by atoms with Gasteiger partial charge in [0.05, 0.1) is 0 Å². The summed E-state index contributed by atoms with van der Waals surface area (Å²) >= 11 is 0. The van der Waals surface area contributed by atoms with Crippen molar-refractivity contribution in [2.24, 2.45) is 17.6 Å². The molecule has 2 N–H and O–H groups in total. The molecule has 11 heavy (non-hydrogen) atoms. The molecule has 0 aromatic rings. The van der Waals surface area contributed by atoms with Crippen LogP contribution in [-0.2, 0) is 0 Å². The molecule has 1 heterocycles. The normalized spacial score (nSPS) is 45.8. The summed E-state index contributed by atoms with van der Waals surface area (Å²) in [5.74, 6) is 1.77. The van der Waals surface area contributed by atoms with E-state index in [-0.39, 0.29) is 0 Å². The van der Waals surface area contributed by atoms with Gasteiger partial charge in [0.25, 0.3) is 0 Å². The lowest BCUT2D eigenvalue weighted by molar-refractivity contribution is 0.157. The average Bonchev–Trinajstić information content (AvgIpc) is 2.33. The minimum atomic E-state index is 0.503. The molecule has 0 aromatic carbocycles. The van der Waals surface area contributed by atoms with Crippen LogP contribution in [-0.4, -0.2) is 31.1 Å². The first-order chi connectivity index (χ1) is 5.27. The average molecular weight is 154 g/mol. The molecule has 64 valence electrons. The molecule has 1 aliphatic carbocycles. The van der Waals surface area contributed by atoms with Crippen LogP contribution in [0.5, 0.6) is 0 Å². The molecule has 2 aliphatic rings. The Balaban J connectivity index is 2.01. The van der Waals surface area contributed by atoms with E-state index in [0.717, 1.165) is 11.8 Å². The van der Waals surface area contributed by atoms with Crippen molar-refractivity contribution in [3.63, 3.8) is 0 Å². The third-order valence-electron chi connectivity index (χ3n) is 3.43. The first kappa shape index (κ1) is 7.56. The Morgan fingerprint density at radius 3 is 2.91 bits per heavy atom. The Kier molecular flexibility index (Phi) is 1.90. The van der Waals surface area contributed by atoms with E-state index < -0.39 is 0 Å². The highest BCUT2D eigenvalue weighted by Crippen LogP contribution is 2.36. The predicted octanol–water partition coefficient (Wildman–Crippen LogP) is 0.675. The van der Waals surface area contributed by atoms with Crippen molar-refractivity contribution in [2.75, 3.05) is 20.1 Å². The van der Waals surface area contributed by atoms with Gasteiger partial charge in [-0.3, -0.25) is 0 Å². The molecule has 1 saturated carbocycles. The van der Waals surface area contributed by atoms with E-state index in [2.05, 4.69) is 11.9 Å². The quantitative estimate of drug-likeness (QED) is 0.556. The van der Waals surface area contributed by atoms with Crippen molar-refractivity contribution < 1.29 is 0 Å². The van der Waals surface area contributed by atoms with Crippen molar-refractivity contribution in [3.8, 4) is 0 Å². The first-order valence-electron chi connectivity index (χ1n) is 4.71. The summed E-state index contributed by atoms with van der Waals surface area (Å²) in [7, 11) is 2.21. The molecule has 0 bridgehead atoms. The van der Waals surface area contributed by atoms with Gasteiger partial charge in [-0.25, -0.2) is 0 Å². The maximum Gasteiger partial charge on any atom is 0.00821 e. The van der Waals surface area contributed by atoms with Crippen molar-refractivity contribution in [2.45, 2.75) is 25.3 Å². The number of nitrogens with two attached hydrogens (primary N) is 1. The van der Waals surface area contributed by atoms with Crippen LogP contribution in [0.2, 0.25) is 0 Å². The molecule has 1 aliphatic heterocycles. The van der Waals surface area contributed by atoms with Gasteiger partial charge < -0.3 is 10.6 Å². The van der Waals surface area contributed by atoms with Crippen LogP contribution in [0, 0.1) is 11.8 Å². The van der Waals surface area contributed by atoms with Gasteiger partial charge in [-0.15, -0.1) is 0 Å². The molecule has 0 aromatic heterocycles. The molecule has 0 amide bonds. The maximum absolute atomic E-state index is 6.02. The number of likely N-dealkylation sites (tertiary alicyclic amines) is 1. The van der Waals surface area contributed by atoms with Crippen LogP contribution >= 0.6 is 0 Å². The molecule has 2 heteroatoms. The molecule has 2 rings (SSSR count). The summed E-state index contributed by atoms with van der Waals surface area (Å²) in [5, 5.41) is 0. The Bertz CT molecular complexity index is 146. The molecule has 0 radical (unpaired) electrons. The highest BCUT2D eigenvalue weighted by molar-refractivity contribution is 4.91. The fraction of sp³-hybridized carbons (Fsp3) is 1.00. The zero-order valence-electron chi connectivity index (χ0n) is 7.29. The van der Waals surface area contributed by atoms with Crippen LogP contribution in [0.4, 0.5) is 0 Å². The fourth-order valence-electron chi connectivity index (χ4n) is 2.66. The summed E-state index contributed by atoms with van der Waals surface area (Å²) in [5.41, 5.74) is 6.02. The monoisotopic (exact) mass is 154 g/mol. The van der Waals surface area contributed by atoms with Gasteiger partial charge >= 0.3 is 0 Å². The maximum atomic E-state index is 6.02. The second-order valence-electron chi connectivity index (χ2n) is 4.22. The second kappa shape index (κ2) is 2.76. The van der Waals surface area contributed by atoms with Gasteiger partial charge in [-0.05, 0) is 44.7 Å². The first-order valence-corrected chi connectivity index (χ1v) is 4.71. The predicted molar refractivity (Wildman–Crippen MR) is 46.3 cm³/mol. The molecule has 0 spiro atoms. The molecule has 3 atom stereocenters. The number of hydrogen-bond acceptors (Lipinski definition) is 2. The number of fused-ring (bicyclic) bond motifs is 1. The molecule has 0 unspecified atom stereocenters. The molecule has 2 fully saturated rings. The summed E-state index contributed by atoms with van der Waals surface area (Å²) in [6, 6.07) is 0.503. The number of hydrogen-bond donors (Lipinski definition) is 1. The van der Waals surface area contributed by atoms with E-state index >= 15 is 0 Å². The lowest BCUT2D eigenvalue weighted by atomic mass is 9.87. The van der Waals surface area contributed by atoms with Gasteiger partial charge in [0.1, 0.15) is 0 Å². The standard InChI is InChI=1S/C9H18N2/c1-11-5-4-7-2-3-9(10)8(7)6-11/h7-9H,2-6,10H2,1H3/t7-,8+,9-/m0/s1. The molecular formula is C9H18N2. The molecular weight excluding hydrogens is 136 g/mol. The van der Waals surface area contributed by atoms with Crippen molar-refractivity contribution in [1.29, 1.82) is 0 Å². The second-order valence-corrected chi connectivity index (χ2v) is 4.22. The van der Waals surface area contributed by atoms with Crippen LogP contribution in [0.1, 0.15) is 19.3 Å². The van der Waals surface area contributed by atoms with E-state index in [4.69, 9.17) is 5.73 Å². The van der Waals surface area contributed by atoms with Crippen LogP contribution in [0.3, 0.4) is 0 Å². The molecule has 2 nitrogen and oxygen atoms in total. The summed E-state index contributed by atoms with van der Waals surface area (Å²) in [6.07, 6.45) is 4.04. The van der Waals surface area contributed by atoms with Gasteiger partial charge in [-0.2, -0.15) is 0 Å². The third kappa shape index (κ3) is 1.30. The van der Waals surface area contributed by atoms with E-state index in [1.54, 1.807) is 0 Å². The third-order valence-corrected chi connectivity index (χ3v) is 3.43. The lowest BCUT2D eigenvalue weighted by Gasteiger charge is -2.34. The van der Waals surface area contributed by atoms with E-state index in [0.29, 0.717) is 6.04 Å². The summed E-state index contributed by atoms with van der Waals surface area (Å²) in [6.45, 7) is 2.53. The smallest absolute Gasteiger partial charge is 0.00821 e. The highest BCUT2D eigenvalue weighted by atomic mass is 15.1. The van der Waals surface area contributed by atoms with E-state index in [9.17, 15) is 0 Å². The summed E-state index contributed by atoms with van der Waals surface area (Å²) < 4.78 is 0. The number of rotatable bonds is 0. The fourth-order valence-corrected chi connectivity index (χ4v) is 2.66. The SMILES string of the molecule is CN1CC[C@@H]2CC[C@H](N)[C@@H]2C1. The number of nitrogens with zero attached hydrogens (tertiary/aromatic N) is 1. The Morgan fingerprint density at radius 2 is 2.09 bits per heavy atom. The van der Waals surface area contributed by atoms with Gasteiger partial charge in [0.15, 0.2) is 0 Å². The largest absolute Gasteiger partial charge is 0.327 e.